The van der Waals surface area contributed by atoms with E-state index in [0.29, 0.717) is 0 Å². The summed E-state index contributed by atoms with van der Waals surface area (Å²) in [6, 6.07) is 0. The van der Waals surface area contributed by atoms with Crippen molar-refractivity contribution in [3.8, 4) is 0 Å². The second kappa shape index (κ2) is 6.87. The first kappa shape index (κ1) is 14.5. The van der Waals surface area contributed by atoms with Crippen LogP contribution in [0.4, 0.5) is 0 Å². The zero-order valence-electron chi connectivity index (χ0n) is 10.2. The standard InChI is InChI=1S/C11H19NO4/c1-5-15-10(13)8(9(12)7(3)4)11(14)16-6-2/h7H,5-6,12H2,1-4H3. The van der Waals surface area contributed by atoms with Crippen LogP contribution in [0.15, 0.2) is 11.3 Å². The first-order valence-corrected chi connectivity index (χ1v) is 5.29. The second-order valence-electron chi connectivity index (χ2n) is 3.43. The van der Waals surface area contributed by atoms with Crippen molar-refractivity contribution >= 4 is 11.9 Å². The van der Waals surface area contributed by atoms with Gasteiger partial charge in [0.05, 0.1) is 13.2 Å². The predicted octanol–water partition coefficient (Wildman–Crippen LogP) is 0.981. The molecule has 0 aliphatic carbocycles. The van der Waals surface area contributed by atoms with E-state index in [-0.39, 0.29) is 30.4 Å². The van der Waals surface area contributed by atoms with Gasteiger partial charge in [-0.1, -0.05) is 13.8 Å². The van der Waals surface area contributed by atoms with Crippen LogP contribution in [0.25, 0.3) is 0 Å². The maximum atomic E-state index is 11.5. The van der Waals surface area contributed by atoms with Crippen molar-refractivity contribution < 1.29 is 19.1 Å². The van der Waals surface area contributed by atoms with Crippen LogP contribution in [0.1, 0.15) is 27.7 Å². The van der Waals surface area contributed by atoms with Gasteiger partial charge in [0.1, 0.15) is 0 Å². The molecule has 0 unspecified atom stereocenters. The Hall–Kier alpha value is -1.52. The fourth-order valence-corrected chi connectivity index (χ4v) is 1.01. The molecule has 5 nitrogen and oxygen atoms in total. The van der Waals surface area contributed by atoms with E-state index in [1.165, 1.54) is 0 Å². The summed E-state index contributed by atoms with van der Waals surface area (Å²) in [5, 5.41) is 0. The van der Waals surface area contributed by atoms with Crippen molar-refractivity contribution in [1.82, 2.24) is 0 Å². The average molecular weight is 229 g/mol. The summed E-state index contributed by atoms with van der Waals surface area (Å²) in [5.74, 6) is -1.58. The van der Waals surface area contributed by atoms with E-state index in [1.807, 2.05) is 0 Å². The summed E-state index contributed by atoms with van der Waals surface area (Å²) in [6.07, 6.45) is 0. The molecule has 0 aromatic heterocycles. The highest BCUT2D eigenvalue weighted by Gasteiger charge is 2.25. The molecule has 0 radical (unpaired) electrons. The molecule has 0 fully saturated rings. The highest BCUT2D eigenvalue weighted by atomic mass is 16.6. The Morgan fingerprint density at radius 1 is 1.06 bits per heavy atom. The summed E-state index contributed by atoms with van der Waals surface area (Å²) < 4.78 is 9.53. The van der Waals surface area contributed by atoms with E-state index in [4.69, 9.17) is 15.2 Å². The minimum Gasteiger partial charge on any atom is -0.462 e. The molecule has 0 heterocycles. The van der Waals surface area contributed by atoms with Gasteiger partial charge in [-0.25, -0.2) is 9.59 Å². The molecular weight excluding hydrogens is 210 g/mol. The fraction of sp³-hybridized carbons (Fsp3) is 0.636. The summed E-state index contributed by atoms with van der Waals surface area (Å²) in [5.41, 5.74) is 5.70. The molecule has 5 heteroatoms. The molecule has 92 valence electrons. The molecule has 0 spiro atoms. The van der Waals surface area contributed by atoms with Gasteiger partial charge in [0.25, 0.3) is 0 Å². The first-order valence-electron chi connectivity index (χ1n) is 5.29. The Kier molecular flexibility index (Phi) is 6.22. The quantitative estimate of drug-likeness (QED) is 0.329. The number of hydrogen-bond acceptors (Lipinski definition) is 5. The van der Waals surface area contributed by atoms with Gasteiger partial charge in [0, 0.05) is 5.70 Å². The number of hydrogen-bond donors (Lipinski definition) is 1. The zero-order chi connectivity index (χ0) is 12.7. The molecule has 0 aromatic carbocycles. The molecule has 2 N–H and O–H groups in total. The maximum Gasteiger partial charge on any atom is 0.347 e. The van der Waals surface area contributed by atoms with Crippen LogP contribution in [0.2, 0.25) is 0 Å². The first-order chi connectivity index (χ1) is 7.45. The molecule has 0 aromatic rings. The molecule has 0 saturated heterocycles. The number of esters is 2. The largest absolute Gasteiger partial charge is 0.462 e. The number of carbonyl (C=O) groups excluding carboxylic acids is 2. The van der Waals surface area contributed by atoms with Gasteiger partial charge in [-0.2, -0.15) is 0 Å². The summed E-state index contributed by atoms with van der Waals surface area (Å²) in [6.45, 7) is 7.26. The number of rotatable bonds is 5. The van der Waals surface area contributed by atoms with Crippen molar-refractivity contribution in [3.05, 3.63) is 11.3 Å². The van der Waals surface area contributed by atoms with Crippen molar-refractivity contribution in [3.63, 3.8) is 0 Å². The third-order valence-corrected chi connectivity index (χ3v) is 1.87. The smallest absolute Gasteiger partial charge is 0.347 e. The maximum absolute atomic E-state index is 11.5. The van der Waals surface area contributed by atoms with Crippen LogP contribution >= 0.6 is 0 Å². The Morgan fingerprint density at radius 3 is 1.69 bits per heavy atom. The highest BCUT2D eigenvalue weighted by Crippen LogP contribution is 2.12. The number of carbonyl (C=O) groups is 2. The van der Waals surface area contributed by atoms with Crippen molar-refractivity contribution in [2.24, 2.45) is 11.7 Å². The van der Waals surface area contributed by atoms with E-state index >= 15 is 0 Å². The van der Waals surface area contributed by atoms with Crippen LogP contribution in [0, 0.1) is 5.92 Å². The van der Waals surface area contributed by atoms with Crippen LogP contribution < -0.4 is 5.73 Å². The Balaban J connectivity index is 5.13. The molecule has 0 atom stereocenters. The van der Waals surface area contributed by atoms with Crippen molar-refractivity contribution in [2.75, 3.05) is 13.2 Å². The number of ether oxygens (including phenoxy) is 2. The lowest BCUT2D eigenvalue weighted by Crippen LogP contribution is -2.25. The van der Waals surface area contributed by atoms with Crippen molar-refractivity contribution in [2.45, 2.75) is 27.7 Å². The number of allylic oxidation sites excluding steroid dienone is 1. The summed E-state index contributed by atoms with van der Waals surface area (Å²) in [4.78, 5) is 23.1. The van der Waals surface area contributed by atoms with E-state index < -0.39 is 11.9 Å². The van der Waals surface area contributed by atoms with E-state index in [0.717, 1.165) is 0 Å². The SMILES string of the molecule is CCOC(=O)C(C(=O)OCC)=C(N)C(C)C. The van der Waals surface area contributed by atoms with Crippen molar-refractivity contribution in [1.29, 1.82) is 0 Å². The van der Waals surface area contributed by atoms with Gasteiger partial charge in [0.15, 0.2) is 5.57 Å². The van der Waals surface area contributed by atoms with Gasteiger partial charge in [-0.05, 0) is 19.8 Å². The van der Waals surface area contributed by atoms with E-state index in [2.05, 4.69) is 0 Å². The Labute approximate surface area is 95.6 Å². The molecule has 0 aliphatic heterocycles. The van der Waals surface area contributed by atoms with Crippen LogP contribution in [-0.2, 0) is 19.1 Å². The average Bonchev–Trinajstić information content (AvgIpc) is 2.18. The third-order valence-electron chi connectivity index (χ3n) is 1.87. The topological polar surface area (TPSA) is 78.6 Å². The Morgan fingerprint density at radius 2 is 1.44 bits per heavy atom. The van der Waals surface area contributed by atoms with Gasteiger partial charge in [0.2, 0.25) is 0 Å². The lowest BCUT2D eigenvalue weighted by molar-refractivity contribution is -0.146. The predicted molar refractivity (Wildman–Crippen MR) is 59.3 cm³/mol. The lowest BCUT2D eigenvalue weighted by Gasteiger charge is -2.12. The molecule has 16 heavy (non-hydrogen) atoms. The van der Waals surface area contributed by atoms with Gasteiger partial charge in [-0.15, -0.1) is 0 Å². The summed E-state index contributed by atoms with van der Waals surface area (Å²) in [7, 11) is 0. The van der Waals surface area contributed by atoms with Gasteiger partial charge < -0.3 is 15.2 Å². The fourth-order valence-electron chi connectivity index (χ4n) is 1.01. The summed E-state index contributed by atoms with van der Waals surface area (Å²) >= 11 is 0. The monoisotopic (exact) mass is 229 g/mol. The second-order valence-corrected chi connectivity index (χ2v) is 3.43. The van der Waals surface area contributed by atoms with Gasteiger partial charge >= 0.3 is 11.9 Å². The molecule has 0 rings (SSSR count). The minimum atomic E-state index is -0.729. The molecule has 0 bridgehead atoms. The lowest BCUT2D eigenvalue weighted by atomic mass is 10.1. The molecular formula is C11H19NO4. The Bertz CT molecular complexity index is 274. The highest BCUT2D eigenvalue weighted by molar-refractivity contribution is 6.14. The van der Waals surface area contributed by atoms with E-state index in [9.17, 15) is 9.59 Å². The normalized spacial score (nSPS) is 9.81. The van der Waals surface area contributed by atoms with E-state index in [1.54, 1.807) is 27.7 Å². The molecule has 0 aliphatic rings. The third kappa shape index (κ3) is 3.92. The molecule has 0 saturated carbocycles. The van der Waals surface area contributed by atoms with Crippen LogP contribution in [0.5, 0.6) is 0 Å². The number of nitrogens with two attached hydrogens (primary N) is 1. The van der Waals surface area contributed by atoms with Gasteiger partial charge in [-0.3, -0.25) is 0 Å². The van der Waals surface area contributed by atoms with Crippen LogP contribution in [0.3, 0.4) is 0 Å². The molecule has 0 amide bonds. The van der Waals surface area contributed by atoms with Crippen LogP contribution in [-0.4, -0.2) is 25.2 Å². The zero-order valence-corrected chi connectivity index (χ0v) is 10.2. The minimum absolute atomic E-state index is 0.121.